The Labute approximate surface area is 80.7 Å². The molecular formula is C10H21NO2. The van der Waals surface area contributed by atoms with E-state index in [2.05, 4.69) is 25.7 Å². The fraction of sp³-hybridized carbons (Fsp3) is 0.900. The molecule has 0 saturated heterocycles. The van der Waals surface area contributed by atoms with Gasteiger partial charge in [0, 0.05) is 12.1 Å². The summed E-state index contributed by atoms with van der Waals surface area (Å²) in [6.07, 6.45) is 0. The maximum Gasteiger partial charge on any atom is 0.307 e. The summed E-state index contributed by atoms with van der Waals surface area (Å²) in [5.74, 6) is -1.02. The zero-order valence-electron chi connectivity index (χ0n) is 9.24. The summed E-state index contributed by atoms with van der Waals surface area (Å²) < 4.78 is 0. The number of hydrogen-bond acceptors (Lipinski definition) is 2. The van der Waals surface area contributed by atoms with Crippen molar-refractivity contribution in [3.05, 3.63) is 0 Å². The quantitative estimate of drug-likeness (QED) is 0.713. The first kappa shape index (κ1) is 12.4. The Morgan fingerprint density at radius 1 is 1.31 bits per heavy atom. The molecule has 0 spiro atoms. The van der Waals surface area contributed by atoms with Crippen LogP contribution >= 0.6 is 0 Å². The largest absolute Gasteiger partial charge is 0.481 e. The number of aliphatic carboxylic acids is 1. The Hall–Kier alpha value is -0.570. The molecule has 0 aliphatic carbocycles. The van der Waals surface area contributed by atoms with Gasteiger partial charge in [-0.25, -0.2) is 0 Å². The third-order valence-corrected chi connectivity index (χ3v) is 2.66. The van der Waals surface area contributed by atoms with Crippen LogP contribution in [-0.4, -0.2) is 34.6 Å². The topological polar surface area (TPSA) is 40.5 Å². The molecule has 0 saturated carbocycles. The number of carboxylic acids is 1. The third-order valence-electron chi connectivity index (χ3n) is 2.66. The molecule has 1 N–H and O–H groups in total. The molecule has 0 amide bonds. The van der Waals surface area contributed by atoms with Crippen LogP contribution < -0.4 is 0 Å². The van der Waals surface area contributed by atoms with Crippen molar-refractivity contribution in [2.75, 3.05) is 6.54 Å². The first-order valence-corrected chi connectivity index (χ1v) is 4.90. The van der Waals surface area contributed by atoms with E-state index < -0.39 is 5.97 Å². The van der Waals surface area contributed by atoms with Gasteiger partial charge in [-0.05, 0) is 27.3 Å². The zero-order valence-corrected chi connectivity index (χ0v) is 9.24. The van der Waals surface area contributed by atoms with Crippen molar-refractivity contribution in [3.8, 4) is 0 Å². The number of carboxylic acid groups (broad SMARTS) is 1. The molecule has 3 heteroatoms. The molecule has 2 unspecified atom stereocenters. The average Bonchev–Trinajstić information content (AvgIpc) is 2.03. The summed E-state index contributed by atoms with van der Waals surface area (Å²) in [5.41, 5.74) is 0. The Morgan fingerprint density at radius 3 is 2.00 bits per heavy atom. The van der Waals surface area contributed by atoms with Crippen molar-refractivity contribution in [3.63, 3.8) is 0 Å². The predicted molar refractivity (Wildman–Crippen MR) is 53.8 cm³/mol. The summed E-state index contributed by atoms with van der Waals surface area (Å²) in [6.45, 7) is 10.9. The smallest absolute Gasteiger partial charge is 0.307 e. The molecule has 0 bridgehead atoms. The van der Waals surface area contributed by atoms with E-state index in [9.17, 15) is 4.79 Å². The van der Waals surface area contributed by atoms with E-state index in [1.807, 2.05) is 6.92 Å². The van der Waals surface area contributed by atoms with Gasteiger partial charge < -0.3 is 5.11 Å². The van der Waals surface area contributed by atoms with E-state index in [1.165, 1.54) is 0 Å². The van der Waals surface area contributed by atoms with Gasteiger partial charge in [0.2, 0.25) is 0 Å². The van der Waals surface area contributed by atoms with Crippen molar-refractivity contribution >= 4 is 5.97 Å². The minimum atomic E-state index is -0.716. The lowest BCUT2D eigenvalue weighted by molar-refractivity contribution is -0.143. The normalized spacial score (nSPS) is 16.2. The van der Waals surface area contributed by atoms with E-state index in [0.29, 0.717) is 6.04 Å². The Kier molecular flexibility index (Phi) is 4.99. The van der Waals surface area contributed by atoms with Crippen LogP contribution in [0.5, 0.6) is 0 Å². The van der Waals surface area contributed by atoms with Gasteiger partial charge >= 0.3 is 5.97 Å². The van der Waals surface area contributed by atoms with Gasteiger partial charge in [-0.2, -0.15) is 0 Å². The van der Waals surface area contributed by atoms with Crippen LogP contribution in [0.3, 0.4) is 0 Å². The molecule has 0 heterocycles. The minimum absolute atomic E-state index is 0.0995. The average molecular weight is 187 g/mol. The summed E-state index contributed by atoms with van der Waals surface area (Å²) in [7, 11) is 0. The second-order valence-corrected chi connectivity index (χ2v) is 3.79. The van der Waals surface area contributed by atoms with Crippen molar-refractivity contribution in [2.24, 2.45) is 5.92 Å². The van der Waals surface area contributed by atoms with Crippen molar-refractivity contribution in [1.29, 1.82) is 0 Å². The molecule has 0 radical (unpaired) electrons. The Bertz CT molecular complexity index is 168. The summed E-state index contributed by atoms with van der Waals surface area (Å²) in [5, 5.41) is 8.85. The highest BCUT2D eigenvalue weighted by Gasteiger charge is 2.25. The first-order valence-electron chi connectivity index (χ1n) is 4.90. The fourth-order valence-electron chi connectivity index (χ4n) is 1.62. The maximum absolute atomic E-state index is 10.8. The summed E-state index contributed by atoms with van der Waals surface area (Å²) in [4.78, 5) is 13.0. The monoisotopic (exact) mass is 187 g/mol. The van der Waals surface area contributed by atoms with Gasteiger partial charge in [-0.1, -0.05) is 13.8 Å². The van der Waals surface area contributed by atoms with Crippen molar-refractivity contribution in [2.45, 2.75) is 46.7 Å². The zero-order chi connectivity index (χ0) is 10.6. The van der Waals surface area contributed by atoms with Crippen LogP contribution in [0.2, 0.25) is 0 Å². The number of nitrogens with zero attached hydrogens (tertiary/aromatic N) is 1. The Morgan fingerprint density at radius 2 is 1.77 bits per heavy atom. The van der Waals surface area contributed by atoms with E-state index in [-0.39, 0.29) is 12.0 Å². The lowest BCUT2D eigenvalue weighted by atomic mass is 10.0. The first-order chi connectivity index (χ1) is 5.91. The lowest BCUT2D eigenvalue weighted by Crippen LogP contribution is -2.44. The standard InChI is InChI=1S/C10H21NO2/c1-6-11(7(2)3)9(5)8(4)10(12)13/h7-9H,6H2,1-5H3,(H,12,13). The molecule has 0 rings (SSSR count). The molecule has 0 aromatic carbocycles. The molecule has 0 aliphatic heterocycles. The summed E-state index contributed by atoms with van der Waals surface area (Å²) in [6, 6.07) is 0.504. The second kappa shape index (κ2) is 5.22. The number of rotatable bonds is 5. The van der Waals surface area contributed by atoms with Gasteiger partial charge in [-0.15, -0.1) is 0 Å². The maximum atomic E-state index is 10.8. The van der Waals surface area contributed by atoms with Gasteiger partial charge in [0.15, 0.2) is 0 Å². The predicted octanol–water partition coefficient (Wildman–Crippen LogP) is 1.83. The number of hydrogen-bond donors (Lipinski definition) is 1. The molecule has 3 nitrogen and oxygen atoms in total. The number of carbonyl (C=O) groups is 1. The van der Waals surface area contributed by atoms with Gasteiger partial charge in [0.1, 0.15) is 0 Å². The van der Waals surface area contributed by atoms with Crippen LogP contribution in [0.4, 0.5) is 0 Å². The molecule has 13 heavy (non-hydrogen) atoms. The molecule has 0 aliphatic rings. The molecule has 0 fully saturated rings. The van der Waals surface area contributed by atoms with Gasteiger partial charge in [0.05, 0.1) is 5.92 Å². The molecule has 0 aromatic rings. The highest BCUT2D eigenvalue weighted by molar-refractivity contribution is 5.70. The van der Waals surface area contributed by atoms with Crippen molar-refractivity contribution in [1.82, 2.24) is 4.90 Å². The van der Waals surface area contributed by atoms with E-state index in [4.69, 9.17) is 5.11 Å². The lowest BCUT2D eigenvalue weighted by Gasteiger charge is -2.33. The second-order valence-electron chi connectivity index (χ2n) is 3.79. The highest BCUT2D eigenvalue weighted by atomic mass is 16.4. The Balaban J connectivity index is 4.36. The van der Waals surface area contributed by atoms with Crippen LogP contribution in [0.15, 0.2) is 0 Å². The van der Waals surface area contributed by atoms with Crippen LogP contribution in [0.25, 0.3) is 0 Å². The fourth-order valence-corrected chi connectivity index (χ4v) is 1.62. The van der Waals surface area contributed by atoms with E-state index in [0.717, 1.165) is 6.54 Å². The van der Waals surface area contributed by atoms with E-state index >= 15 is 0 Å². The SMILES string of the molecule is CCN(C(C)C)C(C)C(C)C(=O)O. The van der Waals surface area contributed by atoms with Crippen molar-refractivity contribution < 1.29 is 9.90 Å². The summed E-state index contributed by atoms with van der Waals surface area (Å²) >= 11 is 0. The third kappa shape index (κ3) is 3.35. The van der Waals surface area contributed by atoms with Gasteiger partial charge in [-0.3, -0.25) is 9.69 Å². The van der Waals surface area contributed by atoms with E-state index in [1.54, 1.807) is 6.92 Å². The molecule has 2 atom stereocenters. The molecular weight excluding hydrogens is 166 g/mol. The van der Waals surface area contributed by atoms with Crippen LogP contribution in [0.1, 0.15) is 34.6 Å². The minimum Gasteiger partial charge on any atom is -0.481 e. The van der Waals surface area contributed by atoms with Crippen LogP contribution in [0, 0.1) is 5.92 Å². The molecule has 0 aromatic heterocycles. The molecule has 78 valence electrons. The highest BCUT2D eigenvalue weighted by Crippen LogP contribution is 2.13. The van der Waals surface area contributed by atoms with Crippen LogP contribution in [-0.2, 0) is 4.79 Å². The van der Waals surface area contributed by atoms with Gasteiger partial charge in [0.25, 0.3) is 0 Å².